The first-order valence-corrected chi connectivity index (χ1v) is 11.2. The quantitative estimate of drug-likeness (QED) is 0.398. The number of carbonyl (C=O) groups excluding carboxylic acids is 2. The molecule has 1 N–H and O–H groups in total. The van der Waals surface area contributed by atoms with Gasteiger partial charge in [-0.25, -0.2) is 9.37 Å². The predicted molar refractivity (Wildman–Crippen MR) is 127 cm³/mol. The van der Waals surface area contributed by atoms with Crippen LogP contribution in [0.5, 0.6) is 5.75 Å². The number of carbonyl (C=O) groups is 2. The van der Waals surface area contributed by atoms with Crippen LogP contribution in [0.25, 0.3) is 0 Å². The van der Waals surface area contributed by atoms with E-state index in [9.17, 15) is 14.0 Å². The molecular weight excluding hydrogens is 455 g/mol. The van der Waals surface area contributed by atoms with Gasteiger partial charge in [-0.05, 0) is 53.4 Å². The van der Waals surface area contributed by atoms with E-state index in [-0.39, 0.29) is 12.2 Å². The van der Waals surface area contributed by atoms with Crippen LogP contribution in [0.1, 0.15) is 27.0 Å². The Hall–Kier alpha value is -4.11. The molecule has 34 heavy (non-hydrogen) atoms. The Balaban J connectivity index is 1.78. The Morgan fingerprint density at radius 1 is 1.12 bits per heavy atom. The standard InChI is InChI=1S/C25H21FN4O3S/c1-33-20-5-2-4-17(14-20)23(24(31)29-19-9-7-18(26)8-10-19)30(16-21-6-3-13-34-21)25(32)22-15-27-11-12-28-22/h2-15,23H,16H2,1H3,(H,29,31)/t23-/m1/s1. The van der Waals surface area contributed by atoms with E-state index >= 15 is 0 Å². The second-order valence-corrected chi connectivity index (χ2v) is 8.31. The van der Waals surface area contributed by atoms with Crippen LogP contribution in [0.15, 0.2) is 84.6 Å². The van der Waals surface area contributed by atoms with Crippen LogP contribution in [-0.2, 0) is 11.3 Å². The van der Waals surface area contributed by atoms with Crippen molar-refractivity contribution in [2.45, 2.75) is 12.6 Å². The number of benzene rings is 2. The number of hydrogen-bond acceptors (Lipinski definition) is 6. The smallest absolute Gasteiger partial charge is 0.275 e. The number of rotatable bonds is 8. The molecule has 9 heteroatoms. The normalized spacial score (nSPS) is 11.5. The lowest BCUT2D eigenvalue weighted by molar-refractivity contribution is -0.121. The maximum Gasteiger partial charge on any atom is 0.275 e. The van der Waals surface area contributed by atoms with Crippen LogP contribution in [0, 0.1) is 5.82 Å². The van der Waals surface area contributed by atoms with E-state index in [1.807, 2.05) is 17.5 Å². The zero-order valence-corrected chi connectivity index (χ0v) is 19.0. The zero-order valence-electron chi connectivity index (χ0n) is 18.2. The van der Waals surface area contributed by atoms with Crippen molar-refractivity contribution in [1.29, 1.82) is 0 Å². The average Bonchev–Trinajstić information content (AvgIpc) is 3.38. The molecule has 0 aliphatic rings. The molecule has 0 unspecified atom stereocenters. The van der Waals surface area contributed by atoms with E-state index in [0.29, 0.717) is 17.0 Å². The monoisotopic (exact) mass is 476 g/mol. The van der Waals surface area contributed by atoms with Crippen LogP contribution >= 0.6 is 11.3 Å². The molecule has 0 bridgehead atoms. The van der Waals surface area contributed by atoms with Crippen LogP contribution in [0.4, 0.5) is 10.1 Å². The third kappa shape index (κ3) is 5.44. The largest absolute Gasteiger partial charge is 0.497 e. The van der Waals surface area contributed by atoms with Gasteiger partial charge in [0.15, 0.2) is 0 Å². The number of ether oxygens (including phenoxy) is 1. The van der Waals surface area contributed by atoms with Gasteiger partial charge in [0.1, 0.15) is 23.3 Å². The van der Waals surface area contributed by atoms with E-state index < -0.39 is 23.7 Å². The van der Waals surface area contributed by atoms with E-state index in [4.69, 9.17) is 4.74 Å². The summed E-state index contributed by atoms with van der Waals surface area (Å²) >= 11 is 1.47. The van der Waals surface area contributed by atoms with Gasteiger partial charge < -0.3 is 15.0 Å². The highest BCUT2D eigenvalue weighted by atomic mass is 32.1. The zero-order chi connectivity index (χ0) is 23.9. The first-order valence-electron chi connectivity index (χ1n) is 10.3. The summed E-state index contributed by atoms with van der Waals surface area (Å²) in [6, 6.07) is 15.1. The molecule has 2 heterocycles. The lowest BCUT2D eigenvalue weighted by atomic mass is 10.0. The minimum atomic E-state index is -1.03. The Morgan fingerprint density at radius 2 is 1.94 bits per heavy atom. The van der Waals surface area contributed by atoms with Gasteiger partial charge in [0.25, 0.3) is 11.8 Å². The summed E-state index contributed by atoms with van der Waals surface area (Å²) in [5.41, 5.74) is 1.07. The fourth-order valence-corrected chi connectivity index (χ4v) is 4.14. The molecule has 0 spiro atoms. The summed E-state index contributed by atoms with van der Waals surface area (Å²) in [7, 11) is 1.53. The topological polar surface area (TPSA) is 84.4 Å². The first kappa shape index (κ1) is 23.1. The molecule has 0 saturated carbocycles. The molecule has 1 atom stereocenters. The molecule has 4 aromatic rings. The van der Waals surface area contributed by atoms with Crippen LogP contribution in [0.3, 0.4) is 0 Å². The second kappa shape index (κ2) is 10.7. The van der Waals surface area contributed by atoms with E-state index in [1.165, 1.54) is 66.2 Å². The third-order valence-electron chi connectivity index (χ3n) is 5.03. The van der Waals surface area contributed by atoms with Crippen LogP contribution in [-0.4, -0.2) is 33.8 Å². The molecule has 0 aliphatic carbocycles. The number of thiophene rings is 1. The van der Waals surface area contributed by atoms with Gasteiger partial charge in [-0.15, -0.1) is 11.3 Å². The summed E-state index contributed by atoms with van der Waals surface area (Å²) in [6.07, 6.45) is 4.27. The van der Waals surface area contributed by atoms with Gasteiger partial charge in [-0.2, -0.15) is 0 Å². The molecule has 0 fully saturated rings. The molecule has 2 aromatic carbocycles. The number of hydrogen-bond donors (Lipinski definition) is 1. The van der Waals surface area contributed by atoms with Gasteiger partial charge in [-0.1, -0.05) is 18.2 Å². The molecule has 0 radical (unpaired) electrons. The number of aromatic nitrogens is 2. The van der Waals surface area contributed by atoms with Crippen molar-refractivity contribution in [2.24, 2.45) is 0 Å². The van der Waals surface area contributed by atoms with Gasteiger partial charge in [-0.3, -0.25) is 14.6 Å². The highest BCUT2D eigenvalue weighted by Crippen LogP contribution is 2.30. The molecular formula is C25H21FN4O3S. The molecule has 2 aromatic heterocycles. The van der Waals surface area contributed by atoms with Gasteiger partial charge >= 0.3 is 0 Å². The maximum atomic E-state index is 13.6. The van der Waals surface area contributed by atoms with Crippen LogP contribution in [0.2, 0.25) is 0 Å². The average molecular weight is 477 g/mol. The number of amides is 2. The number of halogens is 1. The summed E-state index contributed by atoms with van der Waals surface area (Å²) in [6.45, 7) is 0.172. The molecule has 2 amide bonds. The Kier molecular flexibility index (Phi) is 7.24. The molecule has 7 nitrogen and oxygen atoms in total. The number of nitrogens with zero attached hydrogens (tertiary/aromatic N) is 3. The van der Waals surface area contributed by atoms with Gasteiger partial charge in [0, 0.05) is 23.0 Å². The highest BCUT2D eigenvalue weighted by Gasteiger charge is 2.33. The minimum absolute atomic E-state index is 0.113. The maximum absolute atomic E-state index is 13.6. The third-order valence-corrected chi connectivity index (χ3v) is 5.89. The SMILES string of the molecule is COc1cccc([C@H](C(=O)Nc2ccc(F)cc2)N(Cc2cccs2)C(=O)c2cnccn2)c1. The molecule has 0 saturated heterocycles. The van der Waals surface area contributed by atoms with E-state index in [2.05, 4.69) is 15.3 Å². The summed E-state index contributed by atoms with van der Waals surface area (Å²) < 4.78 is 18.7. The minimum Gasteiger partial charge on any atom is -0.497 e. The highest BCUT2D eigenvalue weighted by molar-refractivity contribution is 7.09. The van der Waals surface area contributed by atoms with Gasteiger partial charge in [0.2, 0.25) is 0 Å². The summed E-state index contributed by atoms with van der Waals surface area (Å²) in [5, 5.41) is 4.70. The van der Waals surface area contributed by atoms with Crippen molar-refractivity contribution >= 4 is 28.8 Å². The number of anilines is 1. The lowest BCUT2D eigenvalue weighted by Gasteiger charge is -2.31. The van der Waals surface area contributed by atoms with E-state index in [0.717, 1.165) is 4.88 Å². The number of methoxy groups -OCH3 is 1. The van der Waals surface area contributed by atoms with Crippen molar-refractivity contribution in [3.8, 4) is 5.75 Å². The fraction of sp³-hybridized carbons (Fsp3) is 0.120. The van der Waals surface area contributed by atoms with Crippen molar-refractivity contribution < 1.29 is 18.7 Å². The van der Waals surface area contributed by atoms with Crippen molar-refractivity contribution in [1.82, 2.24) is 14.9 Å². The van der Waals surface area contributed by atoms with E-state index in [1.54, 1.807) is 24.3 Å². The first-order chi connectivity index (χ1) is 16.5. The Bertz CT molecular complexity index is 1250. The van der Waals surface area contributed by atoms with Gasteiger partial charge in [0.05, 0.1) is 19.9 Å². The Morgan fingerprint density at radius 3 is 2.62 bits per heavy atom. The molecule has 4 rings (SSSR count). The Labute approximate surface area is 199 Å². The second-order valence-electron chi connectivity index (χ2n) is 7.28. The summed E-state index contributed by atoms with van der Waals surface area (Å²) in [5.74, 6) is -0.795. The van der Waals surface area contributed by atoms with Crippen LogP contribution < -0.4 is 10.1 Å². The fourth-order valence-electron chi connectivity index (χ4n) is 3.44. The van der Waals surface area contributed by atoms with Crippen molar-refractivity contribution in [3.63, 3.8) is 0 Å². The van der Waals surface area contributed by atoms with Crippen molar-refractivity contribution in [2.75, 3.05) is 12.4 Å². The molecule has 172 valence electrons. The van der Waals surface area contributed by atoms with Crippen molar-refractivity contribution in [3.05, 3.63) is 107 Å². The number of nitrogens with one attached hydrogen (secondary N) is 1. The molecule has 0 aliphatic heterocycles. The summed E-state index contributed by atoms with van der Waals surface area (Å²) in [4.78, 5) is 37.7. The lowest BCUT2D eigenvalue weighted by Crippen LogP contribution is -2.41. The predicted octanol–water partition coefficient (Wildman–Crippen LogP) is 4.71.